The van der Waals surface area contributed by atoms with Crippen LogP contribution in [0.25, 0.3) is 11.3 Å². The summed E-state index contributed by atoms with van der Waals surface area (Å²) in [6.45, 7) is 7.83. The molecule has 0 aliphatic rings. The molecule has 1 aromatic heterocycles. The Bertz CT molecular complexity index is 585. The van der Waals surface area contributed by atoms with Crippen molar-refractivity contribution in [3.05, 3.63) is 34.7 Å². The number of hydrogen-bond acceptors (Lipinski definition) is 3. The Morgan fingerprint density at radius 1 is 1.21 bits per heavy atom. The number of rotatable bonds is 3. The van der Waals surface area contributed by atoms with Crippen molar-refractivity contribution in [2.24, 2.45) is 5.92 Å². The zero-order valence-corrected chi connectivity index (χ0v) is 12.5. The number of thiazole rings is 1. The van der Waals surface area contributed by atoms with Crippen LogP contribution in [0.15, 0.2) is 24.3 Å². The zero-order valence-electron chi connectivity index (χ0n) is 11.7. The van der Waals surface area contributed by atoms with Crippen LogP contribution in [0, 0.1) is 19.8 Å². The SMILES string of the molecule is Cc1ccc(-c2nc(NC(=O)C(C)C)sc2C)cc1. The Morgan fingerprint density at radius 2 is 1.84 bits per heavy atom. The average Bonchev–Trinajstić information content (AvgIpc) is 2.71. The number of carbonyl (C=O) groups excluding carboxylic acids is 1. The molecule has 1 heterocycles. The standard InChI is InChI=1S/C15H18N2OS/c1-9(2)14(18)17-15-16-13(11(4)19-15)12-7-5-10(3)6-8-12/h5-9H,1-4H3,(H,16,17,18). The molecule has 19 heavy (non-hydrogen) atoms. The monoisotopic (exact) mass is 274 g/mol. The number of amides is 1. The highest BCUT2D eigenvalue weighted by molar-refractivity contribution is 7.16. The normalized spacial score (nSPS) is 10.8. The van der Waals surface area contributed by atoms with E-state index in [1.807, 2.05) is 20.8 Å². The first kappa shape index (κ1) is 13.7. The summed E-state index contributed by atoms with van der Waals surface area (Å²) in [5, 5.41) is 3.53. The van der Waals surface area contributed by atoms with E-state index in [0.29, 0.717) is 5.13 Å². The highest BCUT2D eigenvalue weighted by Gasteiger charge is 2.13. The number of aromatic nitrogens is 1. The third-order valence-electron chi connectivity index (χ3n) is 2.88. The molecule has 2 rings (SSSR count). The summed E-state index contributed by atoms with van der Waals surface area (Å²) >= 11 is 1.52. The van der Waals surface area contributed by atoms with Gasteiger partial charge in [-0.25, -0.2) is 4.98 Å². The molecule has 0 aliphatic carbocycles. The van der Waals surface area contributed by atoms with Crippen LogP contribution in [-0.2, 0) is 4.79 Å². The number of nitrogens with one attached hydrogen (secondary N) is 1. The summed E-state index contributed by atoms with van der Waals surface area (Å²) in [5.41, 5.74) is 3.26. The minimum absolute atomic E-state index is 0.00389. The molecule has 1 N–H and O–H groups in total. The van der Waals surface area contributed by atoms with Gasteiger partial charge in [0.1, 0.15) is 0 Å². The molecule has 0 fully saturated rings. The molecule has 2 aromatic rings. The van der Waals surface area contributed by atoms with E-state index in [1.54, 1.807) is 0 Å². The molecule has 0 bridgehead atoms. The van der Waals surface area contributed by atoms with Crippen LogP contribution in [0.4, 0.5) is 5.13 Å². The Labute approximate surface area is 117 Å². The van der Waals surface area contributed by atoms with Crippen molar-refractivity contribution < 1.29 is 4.79 Å². The molecule has 1 aromatic carbocycles. The molecule has 100 valence electrons. The second-order valence-electron chi connectivity index (χ2n) is 4.93. The van der Waals surface area contributed by atoms with Gasteiger partial charge in [0, 0.05) is 16.4 Å². The van der Waals surface area contributed by atoms with Crippen molar-refractivity contribution >= 4 is 22.4 Å². The second-order valence-corrected chi connectivity index (χ2v) is 6.14. The van der Waals surface area contributed by atoms with E-state index in [4.69, 9.17) is 0 Å². The van der Waals surface area contributed by atoms with E-state index in [0.717, 1.165) is 16.1 Å². The van der Waals surface area contributed by atoms with Gasteiger partial charge in [0.15, 0.2) is 5.13 Å². The van der Waals surface area contributed by atoms with Gasteiger partial charge in [0.05, 0.1) is 5.69 Å². The number of hydrogen-bond donors (Lipinski definition) is 1. The van der Waals surface area contributed by atoms with E-state index < -0.39 is 0 Å². The summed E-state index contributed by atoms with van der Waals surface area (Å²) in [6, 6.07) is 8.26. The van der Waals surface area contributed by atoms with Crippen LogP contribution in [-0.4, -0.2) is 10.9 Å². The molecule has 0 unspecified atom stereocenters. The van der Waals surface area contributed by atoms with E-state index in [9.17, 15) is 4.79 Å². The molecule has 1 amide bonds. The van der Waals surface area contributed by atoms with Crippen molar-refractivity contribution in [1.82, 2.24) is 4.98 Å². The highest BCUT2D eigenvalue weighted by Crippen LogP contribution is 2.30. The molecule has 0 aliphatic heterocycles. The fourth-order valence-electron chi connectivity index (χ4n) is 1.68. The minimum Gasteiger partial charge on any atom is -0.302 e. The van der Waals surface area contributed by atoms with Crippen molar-refractivity contribution in [3.8, 4) is 11.3 Å². The van der Waals surface area contributed by atoms with Crippen LogP contribution in [0.1, 0.15) is 24.3 Å². The Hall–Kier alpha value is -1.68. The van der Waals surface area contributed by atoms with Gasteiger partial charge >= 0.3 is 0 Å². The van der Waals surface area contributed by atoms with Gasteiger partial charge in [0.25, 0.3) is 0 Å². The maximum Gasteiger partial charge on any atom is 0.228 e. The van der Waals surface area contributed by atoms with E-state index in [-0.39, 0.29) is 11.8 Å². The van der Waals surface area contributed by atoms with Crippen LogP contribution >= 0.6 is 11.3 Å². The minimum atomic E-state index is -0.0352. The van der Waals surface area contributed by atoms with Crippen molar-refractivity contribution in [2.75, 3.05) is 5.32 Å². The second kappa shape index (κ2) is 5.53. The van der Waals surface area contributed by atoms with Crippen LogP contribution < -0.4 is 5.32 Å². The molecule has 4 heteroatoms. The maximum absolute atomic E-state index is 11.7. The van der Waals surface area contributed by atoms with Gasteiger partial charge in [0.2, 0.25) is 5.91 Å². The average molecular weight is 274 g/mol. The zero-order chi connectivity index (χ0) is 14.0. The molecule has 0 spiro atoms. The lowest BCUT2D eigenvalue weighted by molar-refractivity contribution is -0.118. The van der Waals surface area contributed by atoms with Gasteiger partial charge in [-0.2, -0.15) is 0 Å². The lowest BCUT2D eigenvalue weighted by atomic mass is 10.1. The molecule has 0 atom stereocenters. The topological polar surface area (TPSA) is 42.0 Å². The maximum atomic E-state index is 11.7. The van der Waals surface area contributed by atoms with Crippen molar-refractivity contribution in [3.63, 3.8) is 0 Å². The lowest BCUT2D eigenvalue weighted by Gasteiger charge is -2.03. The molecule has 0 radical (unpaired) electrons. The van der Waals surface area contributed by atoms with Crippen LogP contribution in [0.2, 0.25) is 0 Å². The van der Waals surface area contributed by atoms with Gasteiger partial charge in [-0.1, -0.05) is 43.7 Å². The van der Waals surface area contributed by atoms with E-state index in [2.05, 4.69) is 41.5 Å². The van der Waals surface area contributed by atoms with Crippen molar-refractivity contribution in [2.45, 2.75) is 27.7 Å². The van der Waals surface area contributed by atoms with Gasteiger partial charge in [-0.3, -0.25) is 4.79 Å². The molecule has 0 saturated heterocycles. The molecule has 3 nitrogen and oxygen atoms in total. The van der Waals surface area contributed by atoms with Crippen LogP contribution in [0.3, 0.4) is 0 Å². The molecule has 0 saturated carbocycles. The largest absolute Gasteiger partial charge is 0.302 e. The van der Waals surface area contributed by atoms with Gasteiger partial charge < -0.3 is 5.32 Å². The smallest absolute Gasteiger partial charge is 0.228 e. The quantitative estimate of drug-likeness (QED) is 0.918. The fourth-order valence-corrected chi connectivity index (χ4v) is 2.52. The fraction of sp³-hybridized carbons (Fsp3) is 0.333. The Morgan fingerprint density at radius 3 is 2.42 bits per heavy atom. The third-order valence-corrected chi connectivity index (χ3v) is 3.76. The van der Waals surface area contributed by atoms with Crippen molar-refractivity contribution in [1.29, 1.82) is 0 Å². The summed E-state index contributed by atoms with van der Waals surface area (Å²) in [5.74, 6) is -0.0313. The summed E-state index contributed by atoms with van der Waals surface area (Å²) in [6.07, 6.45) is 0. The molecular weight excluding hydrogens is 256 g/mol. The Kier molecular flexibility index (Phi) is 4.00. The predicted molar refractivity (Wildman–Crippen MR) is 80.5 cm³/mol. The van der Waals surface area contributed by atoms with E-state index in [1.165, 1.54) is 16.9 Å². The summed E-state index contributed by atoms with van der Waals surface area (Å²) < 4.78 is 0. The lowest BCUT2D eigenvalue weighted by Crippen LogP contribution is -2.17. The van der Waals surface area contributed by atoms with Gasteiger partial charge in [-0.15, -0.1) is 11.3 Å². The Balaban J connectivity index is 2.26. The third kappa shape index (κ3) is 3.20. The number of nitrogens with zero attached hydrogens (tertiary/aromatic N) is 1. The predicted octanol–water partition coefficient (Wildman–Crippen LogP) is 4.02. The first-order valence-electron chi connectivity index (χ1n) is 6.32. The highest BCUT2D eigenvalue weighted by atomic mass is 32.1. The van der Waals surface area contributed by atoms with E-state index >= 15 is 0 Å². The molecular formula is C15H18N2OS. The van der Waals surface area contributed by atoms with Gasteiger partial charge in [-0.05, 0) is 13.8 Å². The number of anilines is 1. The summed E-state index contributed by atoms with van der Waals surface area (Å²) in [7, 11) is 0. The first-order chi connectivity index (χ1) is 8.97. The number of benzene rings is 1. The summed E-state index contributed by atoms with van der Waals surface area (Å²) in [4.78, 5) is 17.3. The van der Waals surface area contributed by atoms with Crippen LogP contribution in [0.5, 0.6) is 0 Å². The number of aryl methyl sites for hydroxylation is 2. The first-order valence-corrected chi connectivity index (χ1v) is 7.14. The number of carbonyl (C=O) groups is 1.